The van der Waals surface area contributed by atoms with Gasteiger partial charge in [-0.3, -0.25) is 0 Å². The minimum atomic E-state index is 0.593. The maximum Gasteiger partial charge on any atom is 0.00877 e. The lowest BCUT2D eigenvalue weighted by Gasteiger charge is -2.29. The zero-order valence-corrected chi connectivity index (χ0v) is 9.71. The number of unbranched alkanes of at least 4 members (excludes halogenated alkanes) is 1. The van der Waals surface area contributed by atoms with Gasteiger partial charge in [0.05, 0.1) is 0 Å². The SMILES string of the molecule is CCCCC(CC)(CC)CBr. The van der Waals surface area contributed by atoms with Crippen molar-refractivity contribution >= 4 is 15.9 Å². The van der Waals surface area contributed by atoms with Gasteiger partial charge in [-0.2, -0.15) is 0 Å². The van der Waals surface area contributed by atoms with E-state index in [9.17, 15) is 0 Å². The summed E-state index contributed by atoms with van der Waals surface area (Å²) >= 11 is 3.62. The van der Waals surface area contributed by atoms with Crippen molar-refractivity contribution in [3.05, 3.63) is 0 Å². The van der Waals surface area contributed by atoms with Gasteiger partial charge in [0.25, 0.3) is 0 Å². The van der Waals surface area contributed by atoms with Gasteiger partial charge in [0.2, 0.25) is 0 Å². The van der Waals surface area contributed by atoms with Crippen molar-refractivity contribution in [2.75, 3.05) is 5.33 Å². The first-order chi connectivity index (χ1) is 5.24. The van der Waals surface area contributed by atoms with Crippen LogP contribution in [0, 0.1) is 5.41 Å². The molecule has 0 amide bonds. The molecule has 0 aliphatic heterocycles. The summed E-state index contributed by atoms with van der Waals surface area (Å²) < 4.78 is 0. The number of hydrogen-bond donors (Lipinski definition) is 0. The van der Waals surface area contributed by atoms with Gasteiger partial charge in [0.1, 0.15) is 0 Å². The van der Waals surface area contributed by atoms with Crippen molar-refractivity contribution in [3.63, 3.8) is 0 Å². The summed E-state index contributed by atoms with van der Waals surface area (Å²) in [6.45, 7) is 6.88. The Morgan fingerprint density at radius 1 is 1.09 bits per heavy atom. The molecule has 0 aromatic heterocycles. The molecule has 0 heterocycles. The van der Waals surface area contributed by atoms with Crippen LogP contribution in [-0.2, 0) is 0 Å². The smallest absolute Gasteiger partial charge is 0.00877 e. The van der Waals surface area contributed by atoms with Gasteiger partial charge in [0.15, 0.2) is 0 Å². The molecule has 0 fully saturated rings. The van der Waals surface area contributed by atoms with E-state index in [1.807, 2.05) is 0 Å². The third-order valence-corrected chi connectivity index (χ3v) is 4.03. The van der Waals surface area contributed by atoms with E-state index >= 15 is 0 Å². The van der Waals surface area contributed by atoms with E-state index in [-0.39, 0.29) is 0 Å². The van der Waals surface area contributed by atoms with Crippen LogP contribution in [0.4, 0.5) is 0 Å². The standard InChI is InChI=1S/C10H21Br/c1-4-7-8-10(5-2,6-3)9-11/h4-9H2,1-3H3. The van der Waals surface area contributed by atoms with Gasteiger partial charge in [-0.25, -0.2) is 0 Å². The van der Waals surface area contributed by atoms with Crippen LogP contribution in [0.25, 0.3) is 0 Å². The molecule has 0 bridgehead atoms. The Morgan fingerprint density at radius 3 is 1.91 bits per heavy atom. The quantitative estimate of drug-likeness (QED) is 0.584. The average Bonchev–Trinajstić information content (AvgIpc) is 2.08. The zero-order valence-electron chi connectivity index (χ0n) is 8.12. The average molecular weight is 221 g/mol. The maximum absolute atomic E-state index is 3.62. The highest BCUT2D eigenvalue weighted by Gasteiger charge is 2.23. The molecule has 0 spiro atoms. The topological polar surface area (TPSA) is 0 Å². The van der Waals surface area contributed by atoms with Crippen LogP contribution < -0.4 is 0 Å². The number of halogens is 1. The van der Waals surface area contributed by atoms with Crippen LogP contribution in [0.15, 0.2) is 0 Å². The molecule has 0 N–H and O–H groups in total. The molecule has 0 aliphatic rings. The highest BCUT2D eigenvalue weighted by molar-refractivity contribution is 9.09. The summed E-state index contributed by atoms with van der Waals surface area (Å²) in [5, 5.41) is 1.17. The monoisotopic (exact) mass is 220 g/mol. The van der Waals surface area contributed by atoms with Crippen molar-refractivity contribution in [2.24, 2.45) is 5.41 Å². The first-order valence-electron chi connectivity index (χ1n) is 4.80. The summed E-state index contributed by atoms with van der Waals surface area (Å²) in [6.07, 6.45) is 6.73. The second-order valence-electron chi connectivity index (χ2n) is 3.44. The molecule has 0 saturated carbocycles. The summed E-state index contributed by atoms with van der Waals surface area (Å²) in [4.78, 5) is 0. The third kappa shape index (κ3) is 3.59. The Kier molecular flexibility index (Phi) is 6.31. The third-order valence-electron chi connectivity index (χ3n) is 2.84. The van der Waals surface area contributed by atoms with Gasteiger partial charge in [-0.1, -0.05) is 49.5 Å². The minimum Gasteiger partial charge on any atom is -0.0922 e. The van der Waals surface area contributed by atoms with Crippen LogP contribution in [-0.4, -0.2) is 5.33 Å². The van der Waals surface area contributed by atoms with E-state index in [0.29, 0.717) is 5.41 Å². The molecule has 0 radical (unpaired) electrons. The molecule has 0 aliphatic carbocycles. The van der Waals surface area contributed by atoms with Crippen LogP contribution in [0.5, 0.6) is 0 Å². The molecular formula is C10H21Br. The second kappa shape index (κ2) is 6.05. The van der Waals surface area contributed by atoms with E-state index in [1.165, 1.54) is 37.4 Å². The van der Waals surface area contributed by atoms with E-state index in [4.69, 9.17) is 0 Å². The largest absolute Gasteiger partial charge is 0.0922 e. The van der Waals surface area contributed by atoms with Gasteiger partial charge in [-0.15, -0.1) is 0 Å². The lowest BCUT2D eigenvalue weighted by Crippen LogP contribution is -2.20. The molecule has 0 unspecified atom stereocenters. The fraction of sp³-hybridized carbons (Fsp3) is 1.00. The first-order valence-corrected chi connectivity index (χ1v) is 5.92. The van der Waals surface area contributed by atoms with Gasteiger partial charge >= 0.3 is 0 Å². The Labute approximate surface area is 79.9 Å². The molecule has 1 heteroatoms. The number of rotatable bonds is 6. The highest BCUT2D eigenvalue weighted by atomic mass is 79.9. The molecule has 0 aromatic rings. The number of hydrogen-bond acceptors (Lipinski definition) is 0. The van der Waals surface area contributed by atoms with Crippen molar-refractivity contribution in [2.45, 2.75) is 52.9 Å². The lowest BCUT2D eigenvalue weighted by molar-refractivity contribution is 0.275. The van der Waals surface area contributed by atoms with E-state index in [0.717, 1.165) is 0 Å². The van der Waals surface area contributed by atoms with E-state index in [1.54, 1.807) is 0 Å². The van der Waals surface area contributed by atoms with Crippen molar-refractivity contribution in [1.82, 2.24) is 0 Å². The van der Waals surface area contributed by atoms with Crippen molar-refractivity contribution in [3.8, 4) is 0 Å². The summed E-state index contributed by atoms with van der Waals surface area (Å²) in [5.74, 6) is 0. The van der Waals surface area contributed by atoms with Gasteiger partial charge < -0.3 is 0 Å². The highest BCUT2D eigenvalue weighted by Crippen LogP contribution is 2.34. The normalized spacial score (nSPS) is 12.0. The van der Waals surface area contributed by atoms with Crippen LogP contribution in [0.1, 0.15) is 52.9 Å². The summed E-state index contributed by atoms with van der Waals surface area (Å²) in [7, 11) is 0. The van der Waals surface area contributed by atoms with Crippen LogP contribution in [0.3, 0.4) is 0 Å². The zero-order chi connectivity index (χ0) is 8.74. The molecular weight excluding hydrogens is 200 g/mol. The molecule has 0 saturated heterocycles. The Balaban J connectivity index is 3.84. The predicted octanol–water partition coefficient (Wildman–Crippen LogP) is 4.38. The van der Waals surface area contributed by atoms with E-state index < -0.39 is 0 Å². The molecule has 68 valence electrons. The maximum atomic E-state index is 3.62. The van der Waals surface area contributed by atoms with Crippen molar-refractivity contribution < 1.29 is 0 Å². The second-order valence-corrected chi connectivity index (χ2v) is 4.01. The fourth-order valence-corrected chi connectivity index (χ4v) is 2.48. The summed E-state index contributed by atoms with van der Waals surface area (Å²) in [6, 6.07) is 0. The Bertz CT molecular complexity index is 76.6. The molecule has 11 heavy (non-hydrogen) atoms. The molecule has 0 nitrogen and oxygen atoms in total. The van der Waals surface area contributed by atoms with Crippen molar-refractivity contribution in [1.29, 1.82) is 0 Å². The fourth-order valence-electron chi connectivity index (χ4n) is 1.41. The Hall–Kier alpha value is 0.480. The summed E-state index contributed by atoms with van der Waals surface area (Å²) in [5.41, 5.74) is 0.593. The Morgan fingerprint density at radius 2 is 1.64 bits per heavy atom. The van der Waals surface area contributed by atoms with E-state index in [2.05, 4.69) is 36.7 Å². The van der Waals surface area contributed by atoms with Gasteiger partial charge in [0, 0.05) is 5.33 Å². The minimum absolute atomic E-state index is 0.593. The number of alkyl halides is 1. The molecule has 0 rings (SSSR count). The lowest BCUT2D eigenvalue weighted by atomic mass is 9.80. The molecule has 0 atom stereocenters. The predicted molar refractivity (Wildman–Crippen MR) is 56.3 cm³/mol. The van der Waals surface area contributed by atoms with Crippen LogP contribution >= 0.6 is 15.9 Å². The first kappa shape index (κ1) is 11.5. The molecule has 0 aromatic carbocycles. The van der Waals surface area contributed by atoms with Gasteiger partial charge in [-0.05, 0) is 24.7 Å². The van der Waals surface area contributed by atoms with Crippen LogP contribution in [0.2, 0.25) is 0 Å².